The number of benzene rings is 1. The molecule has 1 saturated heterocycles. The van der Waals surface area contributed by atoms with Gasteiger partial charge in [-0.05, 0) is 68.5 Å². The number of carbonyl (C=O) groups excluding carboxylic acids is 1. The lowest BCUT2D eigenvalue weighted by molar-refractivity contribution is -0.126. The second-order valence-corrected chi connectivity index (χ2v) is 11.7. The van der Waals surface area contributed by atoms with E-state index in [1.165, 1.54) is 6.07 Å². The molecule has 10 heteroatoms. The van der Waals surface area contributed by atoms with Gasteiger partial charge in [0.25, 0.3) is 0 Å². The molecule has 2 saturated carbocycles. The summed E-state index contributed by atoms with van der Waals surface area (Å²) in [6.45, 7) is 5.41. The first-order valence-corrected chi connectivity index (χ1v) is 12.8. The van der Waals surface area contributed by atoms with Gasteiger partial charge in [-0.2, -0.15) is 10.1 Å². The lowest BCUT2D eigenvalue weighted by atomic mass is 9.56. The van der Waals surface area contributed by atoms with Crippen molar-refractivity contribution >= 4 is 17.0 Å². The van der Waals surface area contributed by atoms with Gasteiger partial charge in [0.2, 0.25) is 11.7 Å². The number of hydrogen-bond acceptors (Lipinski definition) is 7. The molecule has 1 aliphatic heterocycles. The van der Waals surface area contributed by atoms with E-state index in [1.807, 2.05) is 25.3 Å². The number of aromatic nitrogens is 4. The normalized spacial score (nSPS) is 22.9. The number of fused-ring (bicyclic) bond motifs is 1. The van der Waals surface area contributed by atoms with Crippen molar-refractivity contribution in [1.82, 2.24) is 19.8 Å². The molecule has 0 bridgehead atoms. The maximum Gasteiger partial charge on any atom is 0.233 e. The molecule has 1 N–H and O–H groups in total. The number of aliphatic hydroxyl groups is 1. The van der Waals surface area contributed by atoms with Gasteiger partial charge in [-0.1, -0.05) is 5.16 Å². The molecule has 2 aliphatic carbocycles. The molecule has 4 heterocycles. The standard InChI is InChI=1S/C28H27F2N5O3/c1-15-5-21(29)18(25-32-26(38-33-25)19-9-22(19)30)6-16(15)7-24(36)20-10-31-35-4-3-17(8-23(20)35)34-13-28(14-34)11-27(2,37)12-28/h3-6,8,10,19,22,37H,7,9,11-14H2,1-2H3/t19-,22-/m0/s1. The van der Waals surface area contributed by atoms with E-state index in [0.717, 1.165) is 31.6 Å². The van der Waals surface area contributed by atoms with Crippen molar-refractivity contribution in [2.24, 2.45) is 5.41 Å². The maximum atomic E-state index is 14.8. The fourth-order valence-electron chi connectivity index (χ4n) is 6.38. The molecular formula is C28H27F2N5O3. The highest BCUT2D eigenvalue weighted by Crippen LogP contribution is 2.54. The molecule has 0 amide bonds. The van der Waals surface area contributed by atoms with E-state index in [-0.39, 0.29) is 34.9 Å². The van der Waals surface area contributed by atoms with Crippen LogP contribution in [0, 0.1) is 18.2 Å². The average molecular weight is 520 g/mol. The van der Waals surface area contributed by atoms with Gasteiger partial charge in [-0.15, -0.1) is 0 Å². The van der Waals surface area contributed by atoms with E-state index in [4.69, 9.17) is 4.52 Å². The summed E-state index contributed by atoms with van der Waals surface area (Å²) in [4.78, 5) is 19.9. The molecule has 3 fully saturated rings. The van der Waals surface area contributed by atoms with Crippen molar-refractivity contribution in [2.75, 3.05) is 18.0 Å². The largest absolute Gasteiger partial charge is 0.390 e. The Bertz CT molecular complexity index is 1590. The van der Waals surface area contributed by atoms with Crippen LogP contribution in [-0.2, 0) is 6.42 Å². The number of Topliss-reactive ketones (excluding diaryl/α,β-unsaturated/α-hetero) is 1. The van der Waals surface area contributed by atoms with E-state index >= 15 is 0 Å². The first kappa shape index (κ1) is 23.5. The monoisotopic (exact) mass is 519 g/mol. The van der Waals surface area contributed by atoms with Crippen LogP contribution in [0.1, 0.15) is 59.5 Å². The number of nitrogens with zero attached hydrogens (tertiary/aromatic N) is 5. The van der Waals surface area contributed by atoms with Crippen LogP contribution in [0.3, 0.4) is 0 Å². The van der Waals surface area contributed by atoms with Gasteiger partial charge in [0.1, 0.15) is 12.0 Å². The molecule has 3 aliphatic rings. The number of anilines is 1. The molecule has 1 spiro atoms. The Morgan fingerprint density at radius 2 is 2.03 bits per heavy atom. The molecule has 0 unspecified atom stereocenters. The van der Waals surface area contributed by atoms with Crippen LogP contribution >= 0.6 is 0 Å². The summed E-state index contributed by atoms with van der Waals surface area (Å²) < 4.78 is 35.0. The van der Waals surface area contributed by atoms with Crippen LogP contribution < -0.4 is 4.90 Å². The number of alkyl halides is 1. The molecule has 7 rings (SSSR count). The molecule has 8 nitrogen and oxygen atoms in total. The number of halogens is 2. The van der Waals surface area contributed by atoms with E-state index in [9.17, 15) is 18.7 Å². The lowest BCUT2D eigenvalue weighted by Gasteiger charge is -2.62. The zero-order valence-corrected chi connectivity index (χ0v) is 21.1. The Morgan fingerprint density at radius 1 is 1.26 bits per heavy atom. The van der Waals surface area contributed by atoms with E-state index in [2.05, 4.69) is 20.1 Å². The van der Waals surface area contributed by atoms with Gasteiger partial charge in [-0.3, -0.25) is 4.79 Å². The van der Waals surface area contributed by atoms with Crippen LogP contribution in [0.2, 0.25) is 0 Å². The molecular weight excluding hydrogens is 492 g/mol. The second kappa shape index (κ2) is 7.92. The minimum atomic E-state index is -0.998. The van der Waals surface area contributed by atoms with Gasteiger partial charge in [0, 0.05) is 36.8 Å². The zero-order chi connectivity index (χ0) is 26.4. The molecule has 196 valence electrons. The van der Waals surface area contributed by atoms with Crippen LogP contribution in [0.4, 0.5) is 14.5 Å². The third-order valence-corrected chi connectivity index (χ3v) is 8.22. The van der Waals surface area contributed by atoms with Crippen molar-refractivity contribution in [1.29, 1.82) is 0 Å². The average Bonchev–Trinajstić information content (AvgIpc) is 3.20. The summed E-state index contributed by atoms with van der Waals surface area (Å²) in [5, 5.41) is 18.3. The molecule has 4 aromatic rings. The fourth-order valence-corrected chi connectivity index (χ4v) is 6.38. The van der Waals surface area contributed by atoms with Crippen molar-refractivity contribution in [3.63, 3.8) is 0 Å². The number of aryl methyl sites for hydroxylation is 1. The van der Waals surface area contributed by atoms with Crippen molar-refractivity contribution < 1.29 is 23.2 Å². The Kier molecular flexibility index (Phi) is 4.89. The van der Waals surface area contributed by atoms with E-state index in [0.29, 0.717) is 28.6 Å². The quantitative estimate of drug-likeness (QED) is 0.377. The molecule has 1 aromatic carbocycles. The smallest absolute Gasteiger partial charge is 0.233 e. The van der Waals surface area contributed by atoms with Crippen molar-refractivity contribution in [3.8, 4) is 11.4 Å². The predicted molar refractivity (Wildman–Crippen MR) is 134 cm³/mol. The summed E-state index contributed by atoms with van der Waals surface area (Å²) in [6.07, 6.45) is 4.43. The van der Waals surface area contributed by atoms with Gasteiger partial charge < -0.3 is 14.5 Å². The minimum absolute atomic E-state index is 0.0474. The van der Waals surface area contributed by atoms with Gasteiger partial charge in [-0.25, -0.2) is 13.3 Å². The predicted octanol–water partition coefficient (Wildman–Crippen LogP) is 4.43. The second-order valence-electron chi connectivity index (χ2n) is 11.7. The van der Waals surface area contributed by atoms with E-state index < -0.39 is 23.5 Å². The summed E-state index contributed by atoms with van der Waals surface area (Å²) in [6, 6.07) is 6.89. The third-order valence-electron chi connectivity index (χ3n) is 8.22. The highest BCUT2D eigenvalue weighted by atomic mass is 19.1. The minimum Gasteiger partial charge on any atom is -0.390 e. The molecule has 3 aromatic heterocycles. The number of pyridine rings is 1. The summed E-state index contributed by atoms with van der Waals surface area (Å²) >= 11 is 0. The maximum absolute atomic E-state index is 14.8. The first-order chi connectivity index (χ1) is 18.1. The Labute approximate surface area is 217 Å². The highest BCUT2D eigenvalue weighted by Gasteiger charge is 2.57. The Hall–Kier alpha value is -3.66. The Balaban J connectivity index is 1.12. The zero-order valence-electron chi connectivity index (χ0n) is 21.1. The van der Waals surface area contributed by atoms with Crippen LogP contribution in [0.25, 0.3) is 16.9 Å². The number of hydrogen-bond donors (Lipinski definition) is 1. The van der Waals surface area contributed by atoms with Crippen molar-refractivity contribution in [3.05, 3.63) is 65.1 Å². The SMILES string of the molecule is Cc1cc(F)c(-c2noc([C@H]3C[C@@H]3F)n2)cc1CC(=O)c1cnn2ccc(N3CC4(C3)CC(C)(O)C4)cc12. The first-order valence-electron chi connectivity index (χ1n) is 12.8. The molecule has 38 heavy (non-hydrogen) atoms. The topological polar surface area (TPSA) is 96.8 Å². The highest BCUT2D eigenvalue weighted by molar-refractivity contribution is 6.03. The van der Waals surface area contributed by atoms with Gasteiger partial charge in [0.15, 0.2) is 5.78 Å². The fraction of sp³-hybridized carbons (Fsp3) is 0.429. The van der Waals surface area contributed by atoms with Crippen LogP contribution in [-0.4, -0.2) is 55.5 Å². The van der Waals surface area contributed by atoms with Crippen LogP contribution in [0.15, 0.2) is 41.2 Å². The number of carbonyl (C=O) groups is 1. The summed E-state index contributed by atoms with van der Waals surface area (Å²) in [5.74, 6) is -0.870. The van der Waals surface area contributed by atoms with Crippen molar-refractivity contribution in [2.45, 2.75) is 57.2 Å². The molecule has 2 atom stereocenters. The summed E-state index contributed by atoms with van der Waals surface area (Å²) in [7, 11) is 0. The lowest BCUT2D eigenvalue weighted by Crippen LogP contribution is -2.67. The van der Waals surface area contributed by atoms with Gasteiger partial charge in [0.05, 0.1) is 34.4 Å². The number of rotatable bonds is 6. The number of ketones is 1. The summed E-state index contributed by atoms with van der Waals surface area (Å²) in [5.41, 5.74) is 3.25. The Morgan fingerprint density at radius 3 is 2.74 bits per heavy atom. The van der Waals surface area contributed by atoms with Gasteiger partial charge >= 0.3 is 0 Å². The molecule has 0 radical (unpaired) electrons. The van der Waals surface area contributed by atoms with Crippen LogP contribution in [0.5, 0.6) is 0 Å². The third kappa shape index (κ3) is 3.81. The van der Waals surface area contributed by atoms with E-state index in [1.54, 1.807) is 23.7 Å².